The second kappa shape index (κ2) is 5.94. The zero-order valence-electron chi connectivity index (χ0n) is 12.4. The average Bonchev–Trinajstić information content (AvgIpc) is 2.53. The molecule has 9 heteroatoms. The van der Waals surface area contributed by atoms with Crippen molar-refractivity contribution in [3.63, 3.8) is 0 Å². The van der Waals surface area contributed by atoms with Gasteiger partial charge >= 0.3 is 11.1 Å². The van der Waals surface area contributed by atoms with Crippen molar-refractivity contribution in [1.82, 2.24) is 14.9 Å². The fourth-order valence-electron chi connectivity index (χ4n) is 2.73. The van der Waals surface area contributed by atoms with Gasteiger partial charge in [-0.1, -0.05) is 0 Å². The second-order valence-electron chi connectivity index (χ2n) is 5.46. The van der Waals surface area contributed by atoms with Crippen LogP contribution in [-0.2, 0) is 11.3 Å². The van der Waals surface area contributed by atoms with Crippen LogP contribution < -0.4 is 16.4 Å². The molecule has 2 aromatic rings. The van der Waals surface area contributed by atoms with Crippen molar-refractivity contribution in [2.75, 3.05) is 13.2 Å². The predicted octanol–water partition coefficient (Wildman–Crippen LogP) is -0.0251. The summed E-state index contributed by atoms with van der Waals surface area (Å²) in [7, 11) is 0. The lowest BCUT2D eigenvalue weighted by Crippen LogP contribution is -2.51. The van der Waals surface area contributed by atoms with Crippen LogP contribution in [0.25, 0.3) is 11.0 Å². The second-order valence-corrected chi connectivity index (χ2v) is 5.46. The van der Waals surface area contributed by atoms with Crippen LogP contribution in [0.1, 0.15) is 6.92 Å². The van der Waals surface area contributed by atoms with Gasteiger partial charge in [-0.25, -0.2) is 0 Å². The Kier molecular flexibility index (Phi) is 3.97. The van der Waals surface area contributed by atoms with E-state index in [2.05, 4.69) is 10.3 Å². The van der Waals surface area contributed by atoms with Gasteiger partial charge in [0.15, 0.2) is 0 Å². The Morgan fingerprint density at radius 3 is 2.91 bits per heavy atom. The van der Waals surface area contributed by atoms with Gasteiger partial charge in [-0.15, -0.1) is 0 Å². The van der Waals surface area contributed by atoms with E-state index in [9.17, 15) is 19.7 Å². The van der Waals surface area contributed by atoms with Crippen LogP contribution in [0.3, 0.4) is 0 Å². The van der Waals surface area contributed by atoms with E-state index in [0.717, 1.165) is 0 Å². The van der Waals surface area contributed by atoms with E-state index in [4.69, 9.17) is 4.74 Å². The predicted molar refractivity (Wildman–Crippen MR) is 82.7 cm³/mol. The monoisotopic (exact) mass is 320 g/mol. The summed E-state index contributed by atoms with van der Waals surface area (Å²) in [4.78, 5) is 36.9. The van der Waals surface area contributed by atoms with Gasteiger partial charge in [0, 0.05) is 25.2 Å². The van der Waals surface area contributed by atoms with Crippen molar-refractivity contribution in [3.8, 4) is 0 Å². The summed E-state index contributed by atoms with van der Waals surface area (Å²) in [6.07, 6.45) is -0.135. The van der Waals surface area contributed by atoms with Crippen LogP contribution in [0.15, 0.2) is 27.8 Å². The minimum Gasteiger partial charge on any atom is -0.375 e. The molecular formula is C14H16N4O5. The Hall–Kier alpha value is -2.52. The number of hydrogen-bond donors (Lipinski definition) is 2. The smallest absolute Gasteiger partial charge is 0.316 e. The third-order valence-corrected chi connectivity index (χ3v) is 4.01. The minimum absolute atomic E-state index is 0.135. The number of hydrogen-bond acceptors (Lipinski definition) is 6. The van der Waals surface area contributed by atoms with Crippen LogP contribution in [0.2, 0.25) is 0 Å². The number of nitro groups is 1. The van der Waals surface area contributed by atoms with Gasteiger partial charge in [-0.05, 0) is 13.0 Å². The minimum atomic E-state index is -0.754. The van der Waals surface area contributed by atoms with E-state index in [-0.39, 0.29) is 24.4 Å². The van der Waals surface area contributed by atoms with Crippen LogP contribution in [0.4, 0.5) is 5.69 Å². The van der Waals surface area contributed by atoms with Gasteiger partial charge in [0.1, 0.15) is 0 Å². The molecule has 2 heterocycles. The number of H-pyrrole nitrogens is 1. The molecular weight excluding hydrogens is 304 g/mol. The Labute approximate surface area is 130 Å². The molecule has 23 heavy (non-hydrogen) atoms. The molecule has 1 aromatic heterocycles. The Bertz CT molecular complexity index is 872. The number of ether oxygens (including phenoxy) is 1. The molecule has 0 aliphatic carbocycles. The number of nitrogens with zero attached hydrogens (tertiary/aromatic N) is 2. The Morgan fingerprint density at radius 2 is 2.22 bits per heavy atom. The van der Waals surface area contributed by atoms with Crippen LogP contribution >= 0.6 is 0 Å². The largest absolute Gasteiger partial charge is 0.375 e. The quantitative estimate of drug-likeness (QED) is 0.466. The van der Waals surface area contributed by atoms with E-state index in [1.165, 1.54) is 22.8 Å². The van der Waals surface area contributed by atoms with Crippen molar-refractivity contribution < 1.29 is 9.66 Å². The summed E-state index contributed by atoms with van der Waals surface area (Å²) in [5, 5.41) is 14.2. The summed E-state index contributed by atoms with van der Waals surface area (Å²) < 4.78 is 6.80. The molecule has 1 aromatic carbocycles. The number of nitrogens with one attached hydrogen (secondary N) is 2. The highest BCUT2D eigenvalue weighted by Crippen LogP contribution is 2.18. The molecule has 0 bridgehead atoms. The molecule has 9 nitrogen and oxygen atoms in total. The molecule has 2 N–H and O–H groups in total. The SMILES string of the molecule is CC1OCCNC1Cn1c(=O)c(=O)[nH]c2ccc([N+](=O)[O-])cc21. The van der Waals surface area contributed by atoms with E-state index in [1.54, 1.807) is 0 Å². The highest BCUT2D eigenvalue weighted by atomic mass is 16.6. The van der Waals surface area contributed by atoms with Gasteiger partial charge in [-0.2, -0.15) is 0 Å². The molecule has 1 fully saturated rings. The Morgan fingerprint density at radius 1 is 1.43 bits per heavy atom. The van der Waals surface area contributed by atoms with E-state index in [1.807, 2.05) is 6.92 Å². The third kappa shape index (κ3) is 2.88. The normalized spacial score (nSPS) is 21.4. The maximum Gasteiger partial charge on any atom is 0.316 e. The number of fused-ring (bicyclic) bond motifs is 1. The zero-order valence-corrected chi connectivity index (χ0v) is 12.4. The number of benzene rings is 1. The first kappa shape index (κ1) is 15.4. The molecule has 0 amide bonds. The highest BCUT2D eigenvalue weighted by Gasteiger charge is 2.24. The average molecular weight is 320 g/mol. The maximum atomic E-state index is 12.2. The summed E-state index contributed by atoms with van der Waals surface area (Å²) in [6, 6.07) is 3.85. The zero-order chi connectivity index (χ0) is 16.6. The molecule has 2 atom stereocenters. The number of rotatable bonds is 3. The first-order valence-corrected chi connectivity index (χ1v) is 7.23. The van der Waals surface area contributed by atoms with E-state index < -0.39 is 16.0 Å². The fraction of sp³-hybridized carbons (Fsp3) is 0.429. The molecule has 2 unspecified atom stereocenters. The molecule has 0 spiro atoms. The lowest BCUT2D eigenvalue weighted by molar-refractivity contribution is -0.384. The van der Waals surface area contributed by atoms with Crippen LogP contribution in [0.5, 0.6) is 0 Å². The first-order valence-electron chi connectivity index (χ1n) is 7.23. The van der Waals surface area contributed by atoms with Crippen molar-refractivity contribution in [3.05, 3.63) is 49.0 Å². The topological polar surface area (TPSA) is 119 Å². The summed E-state index contributed by atoms with van der Waals surface area (Å²) in [5.41, 5.74) is -0.931. The number of aromatic amines is 1. The number of non-ortho nitro benzene ring substituents is 1. The third-order valence-electron chi connectivity index (χ3n) is 4.01. The lowest BCUT2D eigenvalue weighted by atomic mass is 10.1. The number of aromatic nitrogens is 2. The molecule has 1 saturated heterocycles. The Balaban J connectivity index is 2.14. The van der Waals surface area contributed by atoms with Gasteiger partial charge in [0.05, 0.1) is 34.7 Å². The van der Waals surface area contributed by atoms with E-state index >= 15 is 0 Å². The first-order chi connectivity index (χ1) is 11.0. The molecule has 1 aliphatic heterocycles. The van der Waals surface area contributed by atoms with E-state index in [0.29, 0.717) is 24.2 Å². The van der Waals surface area contributed by atoms with Gasteiger partial charge in [0.2, 0.25) is 0 Å². The number of nitro benzene ring substituents is 1. The molecule has 3 rings (SSSR count). The summed E-state index contributed by atoms with van der Waals surface area (Å²) in [5.74, 6) is 0. The van der Waals surface area contributed by atoms with Crippen molar-refractivity contribution in [2.45, 2.75) is 25.6 Å². The summed E-state index contributed by atoms with van der Waals surface area (Å²) in [6.45, 7) is 3.29. The fourth-order valence-corrected chi connectivity index (χ4v) is 2.73. The van der Waals surface area contributed by atoms with Crippen molar-refractivity contribution in [2.24, 2.45) is 0 Å². The highest BCUT2D eigenvalue weighted by molar-refractivity contribution is 5.77. The molecule has 122 valence electrons. The van der Waals surface area contributed by atoms with Gasteiger partial charge < -0.3 is 19.6 Å². The summed E-state index contributed by atoms with van der Waals surface area (Å²) >= 11 is 0. The maximum absolute atomic E-state index is 12.2. The molecule has 0 radical (unpaired) electrons. The molecule has 0 saturated carbocycles. The van der Waals surface area contributed by atoms with Crippen LogP contribution in [-0.4, -0.2) is 39.8 Å². The van der Waals surface area contributed by atoms with Crippen molar-refractivity contribution >= 4 is 16.7 Å². The lowest BCUT2D eigenvalue weighted by Gasteiger charge is -2.31. The van der Waals surface area contributed by atoms with Gasteiger partial charge in [-0.3, -0.25) is 19.7 Å². The molecule has 1 aliphatic rings. The number of morpholine rings is 1. The van der Waals surface area contributed by atoms with Crippen LogP contribution in [0, 0.1) is 10.1 Å². The van der Waals surface area contributed by atoms with Crippen molar-refractivity contribution in [1.29, 1.82) is 0 Å². The standard InChI is InChI=1S/C14H16N4O5/c1-8-11(15-4-5-23-8)7-17-12-6-9(18(21)22)2-3-10(12)16-13(19)14(17)20/h2-3,6,8,11,15H,4-5,7H2,1H3,(H,16,19). The van der Waals surface area contributed by atoms with Gasteiger partial charge in [0.25, 0.3) is 5.69 Å².